The standard InChI is InChI=1S/C39H41NO15/c1-18(5-6-20-7-9-22(10-8-20)40(44)45)52-36-28(46-3)11-21(12-29(36)47-4)31-23-13-26-27(51-17-50-26)14-24(23)35(25-15-49-38(43)32(25)31)55-39-34(42)33(41)37-30(54-39)16-48-19(2)53-37/h5-14,18-19,25,30-35,37,39,41-42H,15-17H2,1-4H3/b6-5+/t18?,19-,25+,30-,31-,32+,33-,34-,35-,37-,39+/m1/s1. The van der Waals surface area contributed by atoms with Gasteiger partial charge >= 0.3 is 5.97 Å². The zero-order chi connectivity index (χ0) is 38.5. The Bertz CT molecular complexity index is 1940. The lowest BCUT2D eigenvalue weighted by atomic mass is 9.66. The van der Waals surface area contributed by atoms with Gasteiger partial charge in [-0.05, 0) is 78.6 Å². The van der Waals surface area contributed by atoms with Gasteiger partial charge in [0.2, 0.25) is 12.5 Å². The molecule has 3 fully saturated rings. The van der Waals surface area contributed by atoms with E-state index in [4.69, 9.17) is 47.4 Å². The van der Waals surface area contributed by atoms with Gasteiger partial charge in [-0.2, -0.15) is 0 Å². The van der Waals surface area contributed by atoms with Gasteiger partial charge in [-0.1, -0.05) is 6.08 Å². The lowest BCUT2D eigenvalue weighted by Crippen LogP contribution is -2.63. The average Bonchev–Trinajstić information content (AvgIpc) is 3.81. The summed E-state index contributed by atoms with van der Waals surface area (Å²) >= 11 is 0. The summed E-state index contributed by atoms with van der Waals surface area (Å²) in [7, 11) is 3.01. The number of benzene rings is 3. The summed E-state index contributed by atoms with van der Waals surface area (Å²) in [6, 6.07) is 13.4. The third-order valence-electron chi connectivity index (χ3n) is 10.7. The van der Waals surface area contributed by atoms with Crippen molar-refractivity contribution in [3.05, 3.63) is 87.0 Å². The van der Waals surface area contributed by atoms with E-state index in [9.17, 15) is 25.1 Å². The summed E-state index contributed by atoms with van der Waals surface area (Å²) in [5, 5.41) is 33.3. The van der Waals surface area contributed by atoms with E-state index in [1.165, 1.54) is 26.4 Å². The first kappa shape index (κ1) is 37.0. The molecule has 0 bridgehead atoms. The maximum Gasteiger partial charge on any atom is 0.310 e. The molecule has 16 nitrogen and oxygen atoms in total. The number of ether oxygens (including phenoxy) is 10. The second-order valence-corrected chi connectivity index (χ2v) is 14.0. The number of aliphatic hydroxyl groups excluding tert-OH is 2. The van der Waals surface area contributed by atoms with E-state index in [1.54, 1.807) is 43.3 Å². The highest BCUT2D eigenvalue weighted by Gasteiger charge is 2.56. The van der Waals surface area contributed by atoms with E-state index >= 15 is 0 Å². The summed E-state index contributed by atoms with van der Waals surface area (Å²) in [6.07, 6.45) is -3.89. The molecule has 3 aromatic rings. The van der Waals surface area contributed by atoms with Crippen LogP contribution in [-0.4, -0.2) is 98.4 Å². The first-order valence-corrected chi connectivity index (χ1v) is 17.9. The van der Waals surface area contributed by atoms with Crippen molar-refractivity contribution in [3.63, 3.8) is 0 Å². The Hall–Kier alpha value is -4.97. The van der Waals surface area contributed by atoms with Gasteiger partial charge in [0.25, 0.3) is 5.69 Å². The maximum absolute atomic E-state index is 13.8. The van der Waals surface area contributed by atoms with E-state index in [0.717, 1.165) is 5.56 Å². The zero-order valence-corrected chi connectivity index (χ0v) is 30.4. The zero-order valence-electron chi connectivity index (χ0n) is 30.4. The monoisotopic (exact) mass is 763 g/mol. The minimum absolute atomic E-state index is 0.00269. The molecule has 11 atom stereocenters. The number of aliphatic hydroxyl groups is 2. The second kappa shape index (κ2) is 14.9. The fourth-order valence-electron chi connectivity index (χ4n) is 8.02. The number of nitro groups is 1. The van der Waals surface area contributed by atoms with Gasteiger partial charge < -0.3 is 57.6 Å². The molecule has 55 heavy (non-hydrogen) atoms. The number of hydrogen-bond donors (Lipinski definition) is 2. The van der Waals surface area contributed by atoms with Crippen LogP contribution in [-0.2, 0) is 28.5 Å². The van der Waals surface area contributed by atoms with Gasteiger partial charge in [0.05, 0.1) is 44.4 Å². The Morgan fingerprint density at radius 3 is 2.29 bits per heavy atom. The van der Waals surface area contributed by atoms with E-state index in [2.05, 4.69) is 0 Å². The van der Waals surface area contributed by atoms with Crippen LogP contribution in [0.4, 0.5) is 5.69 Å². The van der Waals surface area contributed by atoms with Gasteiger partial charge in [0.1, 0.15) is 30.5 Å². The summed E-state index contributed by atoms with van der Waals surface area (Å²) in [5.41, 5.74) is 2.77. The molecule has 3 saturated heterocycles. The fraction of sp³-hybridized carbons (Fsp3) is 0.462. The predicted molar refractivity (Wildman–Crippen MR) is 189 cm³/mol. The number of non-ortho nitro benzene ring substituents is 1. The number of carbonyl (C=O) groups excluding carboxylic acids is 1. The van der Waals surface area contributed by atoms with Crippen molar-refractivity contribution in [1.29, 1.82) is 0 Å². The maximum atomic E-state index is 13.8. The van der Waals surface area contributed by atoms with Crippen LogP contribution in [0.5, 0.6) is 28.7 Å². The topological polar surface area (TPSA) is 193 Å². The van der Waals surface area contributed by atoms with E-state index < -0.39 is 77.9 Å². The number of methoxy groups -OCH3 is 2. The van der Waals surface area contributed by atoms with Crippen LogP contribution in [0.1, 0.15) is 48.1 Å². The predicted octanol–water partition coefficient (Wildman–Crippen LogP) is 4.02. The molecule has 0 radical (unpaired) electrons. The number of hydrogen-bond acceptors (Lipinski definition) is 15. The highest BCUT2D eigenvalue weighted by atomic mass is 16.8. The van der Waals surface area contributed by atoms with E-state index in [-0.39, 0.29) is 25.7 Å². The van der Waals surface area contributed by atoms with Crippen LogP contribution in [0.25, 0.3) is 6.08 Å². The Morgan fingerprint density at radius 2 is 1.62 bits per heavy atom. The van der Waals surface area contributed by atoms with Crippen molar-refractivity contribution in [3.8, 4) is 28.7 Å². The largest absolute Gasteiger partial charge is 0.493 e. The van der Waals surface area contributed by atoms with Crippen LogP contribution < -0.4 is 23.7 Å². The molecule has 0 amide bonds. The van der Waals surface area contributed by atoms with Crippen LogP contribution in [0, 0.1) is 22.0 Å². The van der Waals surface area contributed by atoms with Gasteiger partial charge in [0.15, 0.2) is 35.6 Å². The highest BCUT2D eigenvalue weighted by Crippen LogP contribution is 2.57. The minimum atomic E-state index is -1.47. The van der Waals surface area contributed by atoms with Crippen molar-refractivity contribution < 1.29 is 67.3 Å². The normalized spacial score (nSPS) is 31.2. The molecule has 16 heteroatoms. The summed E-state index contributed by atoms with van der Waals surface area (Å²) in [6.45, 7) is 3.68. The summed E-state index contributed by atoms with van der Waals surface area (Å²) < 4.78 is 59.3. The molecular formula is C39H41NO15. The number of nitrogens with zero attached hydrogens (tertiary/aromatic N) is 1. The smallest absolute Gasteiger partial charge is 0.310 e. The molecule has 5 aliphatic rings. The van der Waals surface area contributed by atoms with Gasteiger partial charge in [0, 0.05) is 24.0 Å². The Balaban J connectivity index is 1.13. The number of cyclic esters (lactones) is 1. The molecule has 0 aromatic heterocycles. The quantitative estimate of drug-likeness (QED) is 0.171. The average molecular weight is 764 g/mol. The molecule has 3 aromatic carbocycles. The summed E-state index contributed by atoms with van der Waals surface area (Å²) in [5.74, 6) is -0.360. The van der Waals surface area contributed by atoms with Crippen molar-refractivity contribution >= 4 is 17.7 Å². The van der Waals surface area contributed by atoms with Crippen molar-refractivity contribution in [2.24, 2.45) is 11.8 Å². The second-order valence-electron chi connectivity index (χ2n) is 14.0. The SMILES string of the molecule is COc1cc([C@@H]2c3cc4c(cc3[C@@H](O[C@@H]3O[C@@H]5CO[C@@H](C)O[C@H]5[C@H](O)[C@H]3O)[C@H]3COC(=O)[C@H]23)OCO4)cc(OC)c1OC(C)/C=C/c1ccc([N+](=O)[O-])cc1. The number of esters is 1. The first-order valence-electron chi connectivity index (χ1n) is 17.9. The molecule has 1 aliphatic carbocycles. The van der Waals surface area contributed by atoms with Gasteiger partial charge in [-0.15, -0.1) is 0 Å². The lowest BCUT2D eigenvalue weighted by molar-refractivity contribution is -0.384. The van der Waals surface area contributed by atoms with Crippen molar-refractivity contribution in [1.82, 2.24) is 0 Å². The third kappa shape index (κ3) is 6.83. The molecular weight excluding hydrogens is 722 g/mol. The van der Waals surface area contributed by atoms with Crippen molar-refractivity contribution in [2.75, 3.05) is 34.2 Å². The molecule has 0 spiro atoms. The van der Waals surface area contributed by atoms with E-state index in [0.29, 0.717) is 45.4 Å². The van der Waals surface area contributed by atoms with Crippen LogP contribution in [0.15, 0.2) is 54.6 Å². The van der Waals surface area contributed by atoms with Crippen molar-refractivity contribution in [2.45, 2.75) is 69.0 Å². The van der Waals surface area contributed by atoms with Crippen LogP contribution >= 0.6 is 0 Å². The molecule has 1 unspecified atom stereocenters. The van der Waals surface area contributed by atoms with Crippen LogP contribution in [0.3, 0.4) is 0 Å². The number of rotatable bonds is 10. The lowest BCUT2D eigenvalue weighted by Gasteiger charge is -2.47. The molecule has 292 valence electrons. The molecule has 2 N–H and O–H groups in total. The minimum Gasteiger partial charge on any atom is -0.493 e. The van der Waals surface area contributed by atoms with Gasteiger partial charge in [-0.25, -0.2) is 0 Å². The number of nitro benzene ring substituents is 1. The highest BCUT2D eigenvalue weighted by molar-refractivity contribution is 5.79. The Labute approximate surface area is 315 Å². The Morgan fingerprint density at radius 1 is 0.927 bits per heavy atom. The third-order valence-corrected chi connectivity index (χ3v) is 10.7. The molecule has 0 saturated carbocycles. The summed E-state index contributed by atoms with van der Waals surface area (Å²) in [4.78, 5) is 24.3. The fourth-order valence-corrected chi connectivity index (χ4v) is 8.02. The first-order chi connectivity index (χ1) is 26.5. The number of fused-ring (bicyclic) bond motifs is 4. The van der Waals surface area contributed by atoms with Crippen LogP contribution in [0.2, 0.25) is 0 Å². The molecule has 4 heterocycles. The molecule has 8 rings (SSSR count). The van der Waals surface area contributed by atoms with Gasteiger partial charge in [-0.3, -0.25) is 14.9 Å². The van der Waals surface area contributed by atoms with E-state index in [1.807, 2.05) is 19.1 Å². The Kier molecular flexibility index (Phi) is 10.0. The number of carbonyl (C=O) groups is 1. The molecule has 4 aliphatic heterocycles.